The molecule has 31 heavy (non-hydrogen) atoms. The molecular weight excluding hydrogens is 434 g/mol. The first-order valence-electron chi connectivity index (χ1n) is 10.5. The number of allylic oxidation sites excluding steroid dienone is 2. The summed E-state index contributed by atoms with van der Waals surface area (Å²) in [7, 11) is 3.81. The number of nitrogens with zero attached hydrogens (tertiary/aromatic N) is 1. The lowest BCUT2D eigenvalue weighted by Gasteiger charge is -2.25. The first kappa shape index (κ1) is 27.4. The molecule has 0 aromatic heterocycles. The van der Waals surface area contributed by atoms with Gasteiger partial charge in [-0.05, 0) is 74.4 Å². The van der Waals surface area contributed by atoms with Crippen molar-refractivity contribution in [2.45, 2.75) is 57.8 Å². The Kier molecular flexibility index (Phi) is 11.5. The van der Waals surface area contributed by atoms with Crippen LogP contribution >= 0.6 is 23.5 Å². The second-order valence-corrected chi connectivity index (χ2v) is 9.38. The number of benzene rings is 1. The third kappa shape index (κ3) is 8.77. The molecule has 0 heterocycles. The van der Waals surface area contributed by atoms with Crippen LogP contribution in [0.5, 0.6) is 0 Å². The molecule has 1 fully saturated rings. The number of anilines is 1. The summed E-state index contributed by atoms with van der Waals surface area (Å²) in [5, 5.41) is 23.0. The lowest BCUT2D eigenvalue weighted by molar-refractivity contribution is -0.104. The summed E-state index contributed by atoms with van der Waals surface area (Å²) in [4.78, 5) is 13.2. The molecule has 1 aliphatic rings. The maximum absolute atomic E-state index is 11.2. The zero-order valence-corrected chi connectivity index (χ0v) is 20.9. The minimum atomic E-state index is -0.732. The normalized spacial score (nSPS) is 16.4. The van der Waals surface area contributed by atoms with E-state index in [1.807, 2.05) is 58.0 Å². The number of carbonyl (C=O) groups excluding carboxylic acids is 1. The SMILES string of the molecule is C/C(C=O)=C/C(NSC1(CC(O)CO)CC1)=C(/Nc1ccc(C)cc1Cl)N(C)C.CC. The minimum Gasteiger partial charge on any atom is -0.394 e. The van der Waals surface area contributed by atoms with Crippen molar-refractivity contribution in [1.29, 1.82) is 0 Å². The number of aliphatic hydroxyl groups is 2. The third-order valence-corrected chi connectivity index (χ3v) is 6.28. The van der Waals surface area contributed by atoms with Gasteiger partial charge in [-0.15, -0.1) is 0 Å². The van der Waals surface area contributed by atoms with Crippen LogP contribution in [0.4, 0.5) is 5.69 Å². The Morgan fingerprint density at radius 2 is 2.00 bits per heavy atom. The molecule has 1 saturated carbocycles. The van der Waals surface area contributed by atoms with Crippen molar-refractivity contribution in [3.63, 3.8) is 0 Å². The van der Waals surface area contributed by atoms with Crippen LogP contribution in [0.3, 0.4) is 0 Å². The van der Waals surface area contributed by atoms with Gasteiger partial charge in [-0.2, -0.15) is 0 Å². The molecule has 6 nitrogen and oxygen atoms in total. The van der Waals surface area contributed by atoms with Crippen LogP contribution in [0.25, 0.3) is 0 Å². The first-order valence-corrected chi connectivity index (χ1v) is 11.7. The highest BCUT2D eigenvalue weighted by atomic mass is 35.5. The Hall–Kier alpha value is -1.67. The van der Waals surface area contributed by atoms with Crippen molar-refractivity contribution >= 4 is 35.5 Å². The fraction of sp³-hybridized carbons (Fsp3) is 0.522. The lowest BCUT2D eigenvalue weighted by atomic mass is 10.2. The molecule has 174 valence electrons. The number of halogens is 1. The van der Waals surface area contributed by atoms with Gasteiger partial charge in [0.05, 0.1) is 29.1 Å². The predicted octanol–water partition coefficient (Wildman–Crippen LogP) is 4.48. The second-order valence-electron chi connectivity index (χ2n) is 7.70. The van der Waals surface area contributed by atoms with Gasteiger partial charge in [0, 0.05) is 18.8 Å². The Morgan fingerprint density at radius 1 is 1.35 bits per heavy atom. The van der Waals surface area contributed by atoms with Gasteiger partial charge in [0.15, 0.2) is 0 Å². The molecule has 0 saturated heterocycles. The number of aryl methyl sites for hydroxylation is 1. The van der Waals surface area contributed by atoms with Gasteiger partial charge in [-0.1, -0.05) is 31.5 Å². The Bertz CT molecular complexity index is 792. The monoisotopic (exact) mass is 469 g/mol. The summed E-state index contributed by atoms with van der Waals surface area (Å²) in [6.07, 6.45) is 4.28. The number of hydrogen-bond acceptors (Lipinski definition) is 7. The van der Waals surface area contributed by atoms with Gasteiger partial charge in [-0.25, -0.2) is 0 Å². The van der Waals surface area contributed by atoms with Gasteiger partial charge < -0.3 is 25.2 Å². The van der Waals surface area contributed by atoms with Crippen LogP contribution < -0.4 is 10.0 Å². The van der Waals surface area contributed by atoms with E-state index < -0.39 is 6.10 Å². The number of hydrogen-bond donors (Lipinski definition) is 4. The number of aliphatic hydroxyl groups excluding tert-OH is 2. The summed E-state index contributed by atoms with van der Waals surface area (Å²) in [6, 6.07) is 5.79. The lowest BCUT2D eigenvalue weighted by Crippen LogP contribution is -2.27. The van der Waals surface area contributed by atoms with Crippen molar-refractivity contribution in [2.24, 2.45) is 0 Å². The zero-order chi connectivity index (χ0) is 23.6. The van der Waals surface area contributed by atoms with Crippen LogP contribution in [0.1, 0.15) is 45.6 Å². The summed E-state index contributed by atoms with van der Waals surface area (Å²) in [5.41, 5.74) is 3.13. The van der Waals surface area contributed by atoms with Crippen LogP contribution in [0, 0.1) is 6.92 Å². The van der Waals surface area contributed by atoms with Crippen molar-refractivity contribution in [2.75, 3.05) is 26.0 Å². The van der Waals surface area contributed by atoms with Crippen LogP contribution in [0.15, 0.2) is 41.4 Å². The molecule has 1 unspecified atom stereocenters. The fourth-order valence-corrected chi connectivity index (χ4v) is 4.17. The Labute approximate surface area is 195 Å². The Balaban J connectivity index is 0.00000233. The van der Waals surface area contributed by atoms with E-state index in [-0.39, 0.29) is 11.4 Å². The largest absolute Gasteiger partial charge is 0.394 e. The minimum absolute atomic E-state index is 0.116. The van der Waals surface area contributed by atoms with Gasteiger partial charge >= 0.3 is 0 Å². The number of carbonyl (C=O) groups is 1. The average Bonchev–Trinajstić information content (AvgIpc) is 3.51. The molecular formula is C23H36ClN3O3S. The first-order chi connectivity index (χ1) is 14.7. The molecule has 4 N–H and O–H groups in total. The molecule has 0 amide bonds. The molecule has 2 rings (SSSR count). The van der Waals surface area contributed by atoms with E-state index in [4.69, 9.17) is 16.7 Å². The molecule has 0 radical (unpaired) electrons. The van der Waals surface area contributed by atoms with Gasteiger partial charge in [0.25, 0.3) is 0 Å². The van der Waals surface area contributed by atoms with Crippen molar-refractivity contribution in [3.05, 3.63) is 52.0 Å². The molecule has 0 bridgehead atoms. The fourth-order valence-electron chi connectivity index (χ4n) is 2.82. The highest BCUT2D eigenvalue weighted by molar-refractivity contribution is 7.99. The third-order valence-electron chi connectivity index (χ3n) is 4.64. The van der Waals surface area contributed by atoms with E-state index in [1.165, 1.54) is 11.9 Å². The smallest absolute Gasteiger partial charge is 0.145 e. The highest BCUT2D eigenvalue weighted by Crippen LogP contribution is 2.51. The number of rotatable bonds is 11. The average molecular weight is 470 g/mol. The summed E-state index contributed by atoms with van der Waals surface area (Å²) >= 11 is 7.91. The molecule has 1 aromatic carbocycles. The van der Waals surface area contributed by atoms with E-state index >= 15 is 0 Å². The summed E-state index contributed by atoms with van der Waals surface area (Å²) in [5.74, 6) is 0.753. The zero-order valence-electron chi connectivity index (χ0n) is 19.3. The van der Waals surface area contributed by atoms with Crippen molar-refractivity contribution in [1.82, 2.24) is 9.62 Å². The van der Waals surface area contributed by atoms with Crippen LogP contribution in [-0.4, -0.2) is 53.0 Å². The molecule has 8 heteroatoms. The van der Waals surface area contributed by atoms with E-state index in [0.29, 0.717) is 17.0 Å². The van der Waals surface area contributed by atoms with E-state index in [9.17, 15) is 9.90 Å². The Morgan fingerprint density at radius 3 is 2.48 bits per heavy atom. The molecule has 0 aliphatic heterocycles. The molecule has 1 aromatic rings. The maximum atomic E-state index is 11.2. The number of nitrogens with one attached hydrogen (secondary N) is 2. The van der Waals surface area contributed by atoms with Crippen molar-refractivity contribution in [3.8, 4) is 0 Å². The second kappa shape index (κ2) is 13.0. The summed E-state index contributed by atoms with van der Waals surface area (Å²) in [6.45, 7) is 7.48. The maximum Gasteiger partial charge on any atom is 0.145 e. The molecule has 0 spiro atoms. The van der Waals surface area contributed by atoms with Gasteiger partial charge in [0.1, 0.15) is 12.1 Å². The van der Waals surface area contributed by atoms with Gasteiger partial charge in [0.2, 0.25) is 0 Å². The topological polar surface area (TPSA) is 84.8 Å². The predicted molar refractivity (Wildman–Crippen MR) is 132 cm³/mol. The van der Waals surface area contributed by atoms with Gasteiger partial charge in [-0.3, -0.25) is 4.79 Å². The summed E-state index contributed by atoms with van der Waals surface area (Å²) < 4.78 is 3.25. The van der Waals surface area contributed by atoms with E-state index in [1.54, 1.807) is 13.0 Å². The highest BCUT2D eigenvalue weighted by Gasteiger charge is 2.45. The van der Waals surface area contributed by atoms with E-state index in [0.717, 1.165) is 41.9 Å². The molecule has 1 aliphatic carbocycles. The standard InChI is InChI=1S/C21H30ClN3O3S.C2H6/c1-14-5-6-18(17(22)9-14)23-20(25(3)4)19(10-15(2)12-26)24-29-21(7-8-21)11-16(28)13-27;1-2/h5-6,9-10,12,16,23-24,27-28H,7-8,11,13H2,1-4H3;1-2H3/b15-10-,20-19+;. The van der Waals surface area contributed by atoms with Crippen LogP contribution in [-0.2, 0) is 4.79 Å². The number of aldehydes is 1. The van der Waals surface area contributed by atoms with Crippen molar-refractivity contribution < 1.29 is 15.0 Å². The van der Waals surface area contributed by atoms with E-state index in [2.05, 4.69) is 10.0 Å². The molecule has 1 atom stereocenters. The van der Waals surface area contributed by atoms with Crippen LogP contribution in [0.2, 0.25) is 5.02 Å². The quantitative estimate of drug-likeness (QED) is 0.164.